The highest BCUT2D eigenvalue weighted by molar-refractivity contribution is 6.22. The fourth-order valence-corrected chi connectivity index (χ4v) is 5.65. The Bertz CT molecular complexity index is 1440. The van der Waals surface area contributed by atoms with Crippen molar-refractivity contribution in [1.82, 2.24) is 5.32 Å². The molecule has 2 aliphatic rings. The van der Waals surface area contributed by atoms with E-state index >= 15 is 0 Å². The van der Waals surface area contributed by atoms with Crippen LogP contribution in [0.5, 0.6) is 0 Å². The first-order valence-electron chi connectivity index (χ1n) is 14.3. The first kappa shape index (κ1) is 31.5. The minimum atomic E-state index is -1.56. The number of carboxylic acid groups (broad SMARTS) is 1. The van der Waals surface area contributed by atoms with Crippen LogP contribution in [0.4, 0.5) is 4.79 Å². The highest BCUT2D eigenvalue weighted by Gasteiger charge is 2.35. The lowest BCUT2D eigenvalue weighted by Crippen LogP contribution is -2.45. The Balaban J connectivity index is 1.38. The smallest absolute Gasteiger partial charge is 0.407 e. The van der Waals surface area contributed by atoms with E-state index in [0.29, 0.717) is 6.42 Å². The van der Waals surface area contributed by atoms with Gasteiger partial charge in [-0.05, 0) is 40.5 Å². The van der Waals surface area contributed by atoms with Gasteiger partial charge in [0.25, 0.3) is 0 Å². The number of rotatable bonds is 10. The number of aliphatic imine (C=N–C) groups is 1. The molecule has 0 spiro atoms. The van der Waals surface area contributed by atoms with Crippen LogP contribution in [0.2, 0.25) is 0 Å². The van der Waals surface area contributed by atoms with Crippen LogP contribution < -0.4 is 5.32 Å². The Labute approximate surface area is 250 Å². The minimum absolute atomic E-state index is 0.00595. The van der Waals surface area contributed by atoms with E-state index in [0.717, 1.165) is 22.3 Å². The van der Waals surface area contributed by atoms with Gasteiger partial charge in [-0.2, -0.15) is 0 Å². The Kier molecular flexibility index (Phi) is 9.37. The molecule has 10 heteroatoms. The van der Waals surface area contributed by atoms with Crippen molar-refractivity contribution in [1.29, 1.82) is 0 Å². The van der Waals surface area contributed by atoms with Gasteiger partial charge >= 0.3 is 18.0 Å². The van der Waals surface area contributed by atoms with E-state index in [9.17, 15) is 29.4 Å². The van der Waals surface area contributed by atoms with Crippen molar-refractivity contribution in [2.45, 2.75) is 65.5 Å². The third-order valence-corrected chi connectivity index (χ3v) is 7.75. The molecule has 0 radical (unpaired) electrons. The number of alkyl carbamates (subject to hydrolysis) is 1. The summed E-state index contributed by atoms with van der Waals surface area (Å²) in [6.07, 6.45) is -0.419. The molecule has 2 aromatic rings. The minimum Gasteiger partial charge on any atom is -0.511 e. The average molecular weight is 591 g/mol. The second-order valence-electron chi connectivity index (χ2n) is 12.2. The number of amides is 1. The van der Waals surface area contributed by atoms with Gasteiger partial charge in [-0.15, -0.1) is 0 Å². The number of Topliss-reactive ketones (excluding diaryl/α,β-unsaturated/α-hetero) is 1. The molecular formula is C33H38N2O8. The van der Waals surface area contributed by atoms with Crippen LogP contribution in [0, 0.1) is 11.3 Å². The normalized spacial score (nSPS) is 17.6. The molecule has 0 saturated carbocycles. The molecule has 3 N–H and O–H groups in total. The number of nitrogens with one attached hydrogen (secondary N) is 1. The molecule has 10 nitrogen and oxygen atoms in total. The van der Waals surface area contributed by atoms with E-state index in [1.807, 2.05) is 62.4 Å². The van der Waals surface area contributed by atoms with Gasteiger partial charge < -0.3 is 25.0 Å². The first-order valence-corrected chi connectivity index (χ1v) is 14.3. The number of ketones is 1. The molecule has 0 heterocycles. The molecule has 228 valence electrons. The SMILES string of the molecule is CC(=N[C@H](C(=O)OC[C@@H](NC(=O)OCC1c2ccccc2-c2ccccc21)C(=O)O)C(C)C)C1=C(O)CC(C)(C)CC1=O. The van der Waals surface area contributed by atoms with Crippen molar-refractivity contribution in [3.8, 4) is 11.1 Å². The predicted octanol–water partition coefficient (Wildman–Crippen LogP) is 5.21. The number of esters is 1. The zero-order chi connectivity index (χ0) is 31.5. The third kappa shape index (κ3) is 7.13. The van der Waals surface area contributed by atoms with Crippen LogP contribution in [0.25, 0.3) is 11.1 Å². The number of nitrogens with zero attached hydrogens (tertiary/aromatic N) is 1. The molecule has 2 atom stereocenters. The van der Waals surface area contributed by atoms with E-state index in [4.69, 9.17) is 9.47 Å². The summed E-state index contributed by atoms with van der Waals surface area (Å²) in [5.74, 6) is -3.13. The summed E-state index contributed by atoms with van der Waals surface area (Å²) in [4.78, 5) is 54.6. The number of ether oxygens (including phenoxy) is 2. The highest BCUT2D eigenvalue weighted by Crippen LogP contribution is 2.44. The molecule has 0 unspecified atom stereocenters. The lowest BCUT2D eigenvalue weighted by molar-refractivity contribution is -0.150. The number of carboxylic acids is 1. The molecular weight excluding hydrogens is 552 g/mol. The van der Waals surface area contributed by atoms with Crippen LogP contribution in [-0.4, -0.2) is 65.0 Å². The molecule has 1 amide bonds. The maximum atomic E-state index is 13.0. The zero-order valence-corrected chi connectivity index (χ0v) is 25.0. The summed E-state index contributed by atoms with van der Waals surface area (Å²) in [5, 5.41) is 22.5. The summed E-state index contributed by atoms with van der Waals surface area (Å²) >= 11 is 0. The molecule has 2 aromatic carbocycles. The zero-order valence-electron chi connectivity index (χ0n) is 25.0. The monoisotopic (exact) mass is 590 g/mol. The predicted molar refractivity (Wildman–Crippen MR) is 160 cm³/mol. The molecule has 4 rings (SSSR count). The summed E-state index contributed by atoms with van der Waals surface area (Å²) < 4.78 is 10.7. The van der Waals surface area contributed by atoms with Crippen LogP contribution in [0.15, 0.2) is 64.9 Å². The van der Waals surface area contributed by atoms with Crippen LogP contribution >= 0.6 is 0 Å². The maximum absolute atomic E-state index is 13.0. The number of hydrogen-bond donors (Lipinski definition) is 3. The lowest BCUT2D eigenvalue weighted by Gasteiger charge is -2.29. The quantitative estimate of drug-likeness (QED) is 0.252. The van der Waals surface area contributed by atoms with Gasteiger partial charge in [0.1, 0.15) is 25.0 Å². The molecule has 43 heavy (non-hydrogen) atoms. The van der Waals surface area contributed by atoms with E-state index < -0.39 is 36.7 Å². The summed E-state index contributed by atoms with van der Waals surface area (Å²) in [6, 6.07) is 13.0. The van der Waals surface area contributed by atoms with Crippen molar-refractivity contribution < 1.29 is 38.9 Å². The molecule has 0 aromatic heterocycles. The van der Waals surface area contributed by atoms with Gasteiger partial charge in [0, 0.05) is 24.5 Å². The fraction of sp³-hybridized carbons (Fsp3) is 0.424. The molecule has 0 bridgehead atoms. The number of fused-ring (bicyclic) bond motifs is 3. The Hall–Kier alpha value is -4.47. The van der Waals surface area contributed by atoms with Crippen LogP contribution in [0.1, 0.15) is 64.5 Å². The standard InChI is InChI=1S/C33H38N2O8/c1-18(2)29(34-19(3)28-26(36)14-33(4,5)15-27(28)37)31(40)42-17-25(30(38)39)35-32(41)43-16-24-22-12-8-6-10-20(22)21-11-7-9-13-23(21)24/h6-13,18,24-25,29,36H,14-17H2,1-5H3,(H,35,41)(H,38,39)/t25-,29+/m1/s1. The number of allylic oxidation sites excluding steroid dienone is 2. The van der Waals surface area contributed by atoms with Gasteiger partial charge in [0.15, 0.2) is 11.8 Å². The second-order valence-corrected chi connectivity index (χ2v) is 12.2. The molecule has 0 fully saturated rings. The third-order valence-electron chi connectivity index (χ3n) is 7.75. The lowest BCUT2D eigenvalue weighted by atomic mass is 9.75. The second kappa shape index (κ2) is 12.8. The number of carbonyl (C=O) groups is 4. The van der Waals surface area contributed by atoms with Gasteiger partial charge in [-0.1, -0.05) is 76.2 Å². The fourth-order valence-electron chi connectivity index (χ4n) is 5.65. The molecule has 0 aliphatic heterocycles. The van der Waals surface area contributed by atoms with E-state index in [-0.39, 0.29) is 53.1 Å². The van der Waals surface area contributed by atoms with E-state index in [1.54, 1.807) is 20.8 Å². The van der Waals surface area contributed by atoms with Gasteiger partial charge in [0.2, 0.25) is 0 Å². The number of aliphatic carboxylic acids is 1. The largest absolute Gasteiger partial charge is 0.511 e. The summed E-state index contributed by atoms with van der Waals surface area (Å²) in [7, 11) is 0. The van der Waals surface area contributed by atoms with Crippen molar-refractivity contribution >= 4 is 29.5 Å². The topological polar surface area (TPSA) is 152 Å². The number of aliphatic hydroxyl groups excluding tert-OH is 1. The number of benzene rings is 2. The van der Waals surface area contributed by atoms with E-state index in [1.165, 1.54) is 0 Å². The Morgan fingerprint density at radius 3 is 2.12 bits per heavy atom. The van der Waals surface area contributed by atoms with Crippen molar-refractivity contribution in [3.05, 3.63) is 71.0 Å². The van der Waals surface area contributed by atoms with Gasteiger partial charge in [-0.25, -0.2) is 14.4 Å². The molecule has 0 saturated heterocycles. The van der Waals surface area contributed by atoms with Crippen LogP contribution in [-0.2, 0) is 23.9 Å². The Morgan fingerprint density at radius 1 is 1.00 bits per heavy atom. The molecule has 2 aliphatic carbocycles. The number of carbonyl (C=O) groups excluding carboxylic acids is 3. The average Bonchev–Trinajstić information content (AvgIpc) is 3.24. The first-order chi connectivity index (χ1) is 20.3. The maximum Gasteiger partial charge on any atom is 0.407 e. The van der Waals surface area contributed by atoms with Gasteiger partial charge in [0.05, 0.1) is 5.57 Å². The van der Waals surface area contributed by atoms with Gasteiger partial charge in [-0.3, -0.25) is 9.79 Å². The van der Waals surface area contributed by atoms with Crippen molar-refractivity contribution in [2.24, 2.45) is 16.3 Å². The van der Waals surface area contributed by atoms with E-state index in [2.05, 4.69) is 10.3 Å². The summed E-state index contributed by atoms with van der Waals surface area (Å²) in [5.41, 5.74) is 4.06. The van der Waals surface area contributed by atoms with Crippen molar-refractivity contribution in [3.63, 3.8) is 0 Å². The Morgan fingerprint density at radius 2 is 1.58 bits per heavy atom. The summed E-state index contributed by atoms with van der Waals surface area (Å²) in [6.45, 7) is 8.11. The highest BCUT2D eigenvalue weighted by atomic mass is 16.6. The van der Waals surface area contributed by atoms with Crippen LogP contribution in [0.3, 0.4) is 0 Å². The number of aliphatic hydroxyl groups is 1. The number of hydrogen-bond acceptors (Lipinski definition) is 8. The van der Waals surface area contributed by atoms with Crippen molar-refractivity contribution in [2.75, 3.05) is 13.2 Å².